The van der Waals surface area contributed by atoms with Gasteiger partial charge in [0.1, 0.15) is 0 Å². The van der Waals surface area contributed by atoms with Crippen LogP contribution in [0.25, 0.3) is 0 Å². The molecule has 2 rings (SSSR count). The van der Waals surface area contributed by atoms with Crippen molar-refractivity contribution in [3.05, 3.63) is 46.7 Å². The predicted octanol–water partition coefficient (Wildman–Crippen LogP) is 0.419. The SMILES string of the molecule is CC(=O)C1=C(O)C(=O)N(CCC(=O)[O-])[C@H]1c1ccc(C)cc1. The van der Waals surface area contributed by atoms with Gasteiger partial charge in [-0.05, 0) is 19.4 Å². The lowest BCUT2D eigenvalue weighted by Gasteiger charge is -2.26. The Balaban J connectivity index is 2.45. The number of carboxylic acids is 1. The van der Waals surface area contributed by atoms with Crippen LogP contribution in [0.2, 0.25) is 0 Å². The zero-order valence-electron chi connectivity index (χ0n) is 12.3. The molecular weight excluding hydrogens is 286 g/mol. The zero-order valence-corrected chi connectivity index (χ0v) is 12.3. The summed E-state index contributed by atoms with van der Waals surface area (Å²) in [6, 6.07) is 6.38. The molecule has 0 saturated carbocycles. The molecule has 0 aliphatic carbocycles. The lowest BCUT2D eigenvalue weighted by atomic mass is 9.96. The third kappa shape index (κ3) is 2.86. The van der Waals surface area contributed by atoms with E-state index in [0.29, 0.717) is 5.56 Å². The predicted molar refractivity (Wildman–Crippen MR) is 75.6 cm³/mol. The summed E-state index contributed by atoms with van der Waals surface area (Å²) in [5, 5.41) is 20.6. The molecule has 1 aliphatic heterocycles. The Morgan fingerprint density at radius 1 is 1.27 bits per heavy atom. The molecule has 1 N–H and O–H groups in total. The van der Waals surface area contributed by atoms with Gasteiger partial charge >= 0.3 is 0 Å². The van der Waals surface area contributed by atoms with Crippen LogP contribution in [0.1, 0.15) is 30.5 Å². The maximum absolute atomic E-state index is 12.1. The summed E-state index contributed by atoms with van der Waals surface area (Å²) in [5.74, 6) is -3.08. The van der Waals surface area contributed by atoms with E-state index in [-0.39, 0.29) is 18.5 Å². The number of ketones is 1. The van der Waals surface area contributed by atoms with Crippen LogP contribution in [0.3, 0.4) is 0 Å². The molecule has 0 saturated heterocycles. The van der Waals surface area contributed by atoms with E-state index in [9.17, 15) is 24.6 Å². The number of carbonyl (C=O) groups excluding carboxylic acids is 3. The van der Waals surface area contributed by atoms with Crippen LogP contribution in [-0.2, 0) is 14.4 Å². The summed E-state index contributed by atoms with van der Waals surface area (Å²) in [4.78, 5) is 35.8. The minimum atomic E-state index is -1.30. The number of carboxylic acid groups (broad SMARTS) is 1. The quantitative estimate of drug-likeness (QED) is 0.850. The van der Waals surface area contributed by atoms with Crippen molar-refractivity contribution in [2.75, 3.05) is 6.54 Å². The topological polar surface area (TPSA) is 97.7 Å². The van der Waals surface area contributed by atoms with Crippen LogP contribution >= 0.6 is 0 Å². The first-order valence-electron chi connectivity index (χ1n) is 6.84. The van der Waals surface area contributed by atoms with Crippen molar-refractivity contribution < 1.29 is 24.6 Å². The van der Waals surface area contributed by atoms with Gasteiger partial charge in [-0.3, -0.25) is 9.59 Å². The molecule has 1 heterocycles. The number of hydrogen-bond donors (Lipinski definition) is 1. The molecular formula is C16H16NO5-. The van der Waals surface area contributed by atoms with Gasteiger partial charge in [0.15, 0.2) is 11.5 Å². The summed E-state index contributed by atoms with van der Waals surface area (Å²) in [5.41, 5.74) is 1.64. The molecule has 1 aromatic rings. The number of aliphatic hydroxyl groups excluding tert-OH is 1. The second kappa shape index (κ2) is 6.01. The third-order valence-electron chi connectivity index (χ3n) is 3.63. The Bertz CT molecular complexity index is 660. The van der Waals surface area contributed by atoms with Crippen LogP contribution in [-0.4, -0.2) is 34.2 Å². The van der Waals surface area contributed by atoms with Gasteiger partial charge in [-0.15, -0.1) is 0 Å². The second-order valence-electron chi connectivity index (χ2n) is 5.25. The van der Waals surface area contributed by atoms with E-state index in [0.717, 1.165) is 5.56 Å². The highest BCUT2D eigenvalue weighted by Crippen LogP contribution is 2.37. The van der Waals surface area contributed by atoms with Crippen LogP contribution < -0.4 is 5.11 Å². The number of hydrogen-bond acceptors (Lipinski definition) is 5. The standard InChI is InChI=1S/C16H17NO5/c1-9-3-5-11(6-4-9)14-13(10(2)18)15(21)16(22)17(14)8-7-12(19)20/h3-6,14,21H,7-8H2,1-2H3,(H,19,20)/p-1/t14-/m0/s1. The third-order valence-corrected chi connectivity index (χ3v) is 3.63. The fraction of sp³-hybridized carbons (Fsp3) is 0.312. The van der Waals surface area contributed by atoms with E-state index >= 15 is 0 Å². The zero-order chi connectivity index (χ0) is 16.4. The number of benzene rings is 1. The molecule has 0 radical (unpaired) electrons. The molecule has 1 atom stereocenters. The van der Waals surface area contributed by atoms with Crippen molar-refractivity contribution >= 4 is 17.7 Å². The molecule has 22 heavy (non-hydrogen) atoms. The molecule has 1 aromatic carbocycles. The number of aryl methyl sites for hydroxylation is 1. The van der Waals surface area contributed by atoms with Crippen LogP contribution in [0.5, 0.6) is 0 Å². The van der Waals surface area contributed by atoms with E-state index in [1.54, 1.807) is 12.1 Å². The van der Waals surface area contributed by atoms with Crippen molar-refractivity contribution in [2.24, 2.45) is 0 Å². The molecule has 6 heteroatoms. The highest BCUT2D eigenvalue weighted by Gasteiger charge is 2.41. The van der Waals surface area contributed by atoms with Gasteiger partial charge in [0.05, 0.1) is 11.6 Å². The van der Waals surface area contributed by atoms with Gasteiger partial charge in [-0.2, -0.15) is 0 Å². The van der Waals surface area contributed by atoms with Gasteiger partial charge in [-0.1, -0.05) is 29.8 Å². The molecule has 0 unspecified atom stereocenters. The van der Waals surface area contributed by atoms with Gasteiger partial charge in [0.25, 0.3) is 5.91 Å². The van der Waals surface area contributed by atoms with Crippen molar-refractivity contribution in [1.82, 2.24) is 4.90 Å². The maximum Gasteiger partial charge on any atom is 0.290 e. The van der Waals surface area contributed by atoms with Crippen molar-refractivity contribution in [3.63, 3.8) is 0 Å². The monoisotopic (exact) mass is 302 g/mol. The first-order chi connectivity index (χ1) is 10.3. The number of rotatable bonds is 5. The summed E-state index contributed by atoms with van der Waals surface area (Å²) < 4.78 is 0. The van der Waals surface area contributed by atoms with E-state index in [4.69, 9.17) is 0 Å². The lowest BCUT2D eigenvalue weighted by molar-refractivity contribution is -0.305. The highest BCUT2D eigenvalue weighted by molar-refractivity contribution is 6.08. The molecule has 0 bridgehead atoms. The highest BCUT2D eigenvalue weighted by atomic mass is 16.4. The summed E-state index contributed by atoms with van der Waals surface area (Å²) in [7, 11) is 0. The smallest absolute Gasteiger partial charge is 0.290 e. The average Bonchev–Trinajstić information content (AvgIpc) is 2.70. The molecule has 6 nitrogen and oxygen atoms in total. The average molecular weight is 302 g/mol. The maximum atomic E-state index is 12.1. The second-order valence-corrected chi connectivity index (χ2v) is 5.25. The lowest BCUT2D eigenvalue weighted by Crippen LogP contribution is -2.35. The largest absolute Gasteiger partial charge is 0.550 e. The normalized spacial score (nSPS) is 18.0. The Morgan fingerprint density at radius 3 is 2.36 bits per heavy atom. The van der Waals surface area contributed by atoms with Gasteiger partial charge < -0.3 is 19.9 Å². The Labute approximate surface area is 127 Å². The van der Waals surface area contributed by atoms with Crippen molar-refractivity contribution in [3.8, 4) is 0 Å². The first kappa shape index (κ1) is 15.8. The van der Waals surface area contributed by atoms with Gasteiger partial charge in [-0.25, -0.2) is 0 Å². The molecule has 1 amide bonds. The van der Waals surface area contributed by atoms with E-state index in [1.807, 2.05) is 19.1 Å². The molecule has 116 valence electrons. The van der Waals surface area contributed by atoms with Gasteiger partial charge in [0, 0.05) is 18.9 Å². The number of nitrogens with zero attached hydrogens (tertiary/aromatic N) is 1. The van der Waals surface area contributed by atoms with Gasteiger partial charge in [0.2, 0.25) is 0 Å². The minimum Gasteiger partial charge on any atom is -0.550 e. The number of amides is 1. The number of Topliss-reactive ketones (excluding diaryl/α,β-unsaturated/α-hetero) is 1. The molecule has 1 aliphatic rings. The fourth-order valence-electron chi connectivity index (χ4n) is 2.55. The summed E-state index contributed by atoms with van der Waals surface area (Å²) >= 11 is 0. The first-order valence-corrected chi connectivity index (χ1v) is 6.84. The summed E-state index contributed by atoms with van der Waals surface area (Å²) in [6.07, 6.45) is -0.368. The van der Waals surface area contributed by atoms with E-state index in [1.165, 1.54) is 11.8 Å². The minimum absolute atomic E-state index is 0.00722. The summed E-state index contributed by atoms with van der Waals surface area (Å²) in [6.45, 7) is 3.03. The number of carbonyl (C=O) groups is 3. The molecule has 0 spiro atoms. The Hall–Kier alpha value is -2.63. The van der Waals surface area contributed by atoms with Crippen LogP contribution in [0, 0.1) is 6.92 Å². The molecule has 0 aromatic heterocycles. The van der Waals surface area contributed by atoms with Crippen LogP contribution in [0.15, 0.2) is 35.6 Å². The number of aliphatic carboxylic acids is 1. The van der Waals surface area contributed by atoms with E-state index < -0.39 is 29.5 Å². The van der Waals surface area contributed by atoms with Crippen molar-refractivity contribution in [2.45, 2.75) is 26.3 Å². The molecule has 0 fully saturated rings. The Kier molecular flexibility index (Phi) is 4.30. The van der Waals surface area contributed by atoms with E-state index in [2.05, 4.69) is 0 Å². The fourth-order valence-corrected chi connectivity index (χ4v) is 2.55. The van der Waals surface area contributed by atoms with Crippen LogP contribution in [0.4, 0.5) is 0 Å². The number of aliphatic hydroxyl groups is 1. The van der Waals surface area contributed by atoms with Crippen molar-refractivity contribution in [1.29, 1.82) is 0 Å². The Morgan fingerprint density at radius 2 is 1.86 bits per heavy atom.